The molecule has 16 heavy (non-hydrogen) atoms. The summed E-state index contributed by atoms with van der Waals surface area (Å²) < 4.78 is 5.10. The molecule has 0 aromatic carbocycles. The molecule has 0 unspecified atom stereocenters. The van der Waals surface area contributed by atoms with E-state index in [1.807, 2.05) is 20.8 Å². The van der Waals surface area contributed by atoms with Crippen molar-refractivity contribution in [1.29, 1.82) is 0 Å². The lowest BCUT2D eigenvalue weighted by Crippen LogP contribution is -2.09. The first-order chi connectivity index (χ1) is 7.65. The van der Waals surface area contributed by atoms with Crippen LogP contribution in [-0.4, -0.2) is 19.1 Å². The van der Waals surface area contributed by atoms with E-state index in [0.717, 1.165) is 29.1 Å². The fourth-order valence-corrected chi connectivity index (χ4v) is 2.91. The second-order valence-electron chi connectivity index (χ2n) is 3.45. The molecular weight excluding hydrogens is 222 g/mol. The number of esters is 1. The van der Waals surface area contributed by atoms with Gasteiger partial charge in [0, 0.05) is 11.4 Å². The lowest BCUT2D eigenvalue weighted by Gasteiger charge is -2.06. The van der Waals surface area contributed by atoms with E-state index >= 15 is 0 Å². The fourth-order valence-electron chi connectivity index (χ4n) is 1.71. The molecule has 3 nitrogen and oxygen atoms in total. The van der Waals surface area contributed by atoms with Crippen LogP contribution in [0.2, 0.25) is 0 Å². The van der Waals surface area contributed by atoms with Gasteiger partial charge in [-0.25, -0.2) is 4.79 Å². The number of hydrogen-bond donors (Lipinski definition) is 1. The Morgan fingerprint density at radius 3 is 2.56 bits per heavy atom. The lowest BCUT2D eigenvalue weighted by atomic mass is 10.1. The van der Waals surface area contributed by atoms with E-state index in [-0.39, 0.29) is 5.97 Å². The Bertz CT molecular complexity index is 371. The van der Waals surface area contributed by atoms with Crippen LogP contribution in [0, 0.1) is 6.92 Å². The Kier molecular flexibility index (Phi) is 4.80. The van der Waals surface area contributed by atoms with Gasteiger partial charge >= 0.3 is 5.97 Å². The van der Waals surface area contributed by atoms with Crippen molar-refractivity contribution >= 4 is 22.3 Å². The van der Waals surface area contributed by atoms with Gasteiger partial charge in [-0.3, -0.25) is 0 Å². The monoisotopic (exact) mass is 241 g/mol. The van der Waals surface area contributed by atoms with E-state index in [1.165, 1.54) is 4.88 Å². The van der Waals surface area contributed by atoms with Crippen LogP contribution in [0.4, 0.5) is 5.00 Å². The van der Waals surface area contributed by atoms with Crippen LogP contribution in [0.1, 0.15) is 41.6 Å². The van der Waals surface area contributed by atoms with Gasteiger partial charge in [0.15, 0.2) is 0 Å². The second-order valence-corrected chi connectivity index (χ2v) is 4.67. The van der Waals surface area contributed by atoms with E-state index in [4.69, 9.17) is 4.74 Å². The van der Waals surface area contributed by atoms with Crippen LogP contribution in [-0.2, 0) is 11.2 Å². The molecule has 1 N–H and O–H groups in total. The van der Waals surface area contributed by atoms with Gasteiger partial charge < -0.3 is 10.1 Å². The van der Waals surface area contributed by atoms with Crippen LogP contribution in [0.15, 0.2) is 0 Å². The zero-order chi connectivity index (χ0) is 12.1. The molecule has 0 spiro atoms. The maximum atomic E-state index is 11.9. The standard InChI is InChI=1S/C12H19NO2S/c1-5-9-8(4)16-11(13-6-2)10(9)12(14)15-7-3/h13H,5-7H2,1-4H3. The largest absolute Gasteiger partial charge is 0.462 e. The van der Waals surface area contributed by atoms with Gasteiger partial charge in [0.05, 0.1) is 12.2 Å². The highest BCUT2D eigenvalue weighted by atomic mass is 32.1. The van der Waals surface area contributed by atoms with Crippen molar-refractivity contribution in [2.24, 2.45) is 0 Å². The number of thiophene rings is 1. The van der Waals surface area contributed by atoms with E-state index in [0.29, 0.717) is 6.61 Å². The first-order valence-corrected chi connectivity index (χ1v) is 6.50. The topological polar surface area (TPSA) is 38.3 Å². The summed E-state index contributed by atoms with van der Waals surface area (Å²) in [7, 11) is 0. The Hall–Kier alpha value is -1.03. The average molecular weight is 241 g/mol. The van der Waals surface area contributed by atoms with Gasteiger partial charge in [0.2, 0.25) is 0 Å². The number of hydrogen-bond acceptors (Lipinski definition) is 4. The number of anilines is 1. The van der Waals surface area contributed by atoms with Crippen molar-refractivity contribution in [3.05, 3.63) is 16.0 Å². The van der Waals surface area contributed by atoms with E-state index < -0.39 is 0 Å². The summed E-state index contributed by atoms with van der Waals surface area (Å²) in [6.07, 6.45) is 0.863. The van der Waals surface area contributed by atoms with Crippen molar-refractivity contribution in [3.63, 3.8) is 0 Å². The third-order valence-electron chi connectivity index (χ3n) is 2.38. The van der Waals surface area contributed by atoms with Gasteiger partial charge in [0.25, 0.3) is 0 Å². The predicted molar refractivity (Wildman–Crippen MR) is 68.6 cm³/mol. The van der Waals surface area contributed by atoms with E-state index in [1.54, 1.807) is 11.3 Å². The number of nitrogens with one attached hydrogen (secondary N) is 1. The quantitative estimate of drug-likeness (QED) is 0.804. The molecule has 0 aliphatic carbocycles. The zero-order valence-corrected chi connectivity index (χ0v) is 11.2. The molecule has 0 aliphatic heterocycles. The van der Waals surface area contributed by atoms with Crippen molar-refractivity contribution in [1.82, 2.24) is 0 Å². The van der Waals surface area contributed by atoms with Crippen molar-refractivity contribution in [3.8, 4) is 0 Å². The minimum atomic E-state index is -0.209. The van der Waals surface area contributed by atoms with Crippen LogP contribution < -0.4 is 5.32 Å². The fraction of sp³-hybridized carbons (Fsp3) is 0.583. The molecule has 1 aromatic rings. The number of ether oxygens (including phenoxy) is 1. The van der Waals surface area contributed by atoms with Gasteiger partial charge in [0.1, 0.15) is 5.00 Å². The Morgan fingerprint density at radius 2 is 2.06 bits per heavy atom. The van der Waals surface area contributed by atoms with Gasteiger partial charge in [-0.15, -0.1) is 11.3 Å². The summed E-state index contributed by atoms with van der Waals surface area (Å²) in [4.78, 5) is 13.1. The summed E-state index contributed by atoms with van der Waals surface area (Å²) in [5.74, 6) is -0.209. The van der Waals surface area contributed by atoms with Crippen LogP contribution in [0.5, 0.6) is 0 Å². The number of carbonyl (C=O) groups excluding carboxylic acids is 1. The Labute approximate surface area is 101 Å². The Balaban J connectivity index is 3.14. The van der Waals surface area contributed by atoms with Crippen LogP contribution in [0.3, 0.4) is 0 Å². The minimum absolute atomic E-state index is 0.209. The first-order valence-electron chi connectivity index (χ1n) is 5.68. The maximum absolute atomic E-state index is 11.9. The number of aryl methyl sites for hydroxylation is 1. The molecule has 0 atom stereocenters. The highest BCUT2D eigenvalue weighted by Crippen LogP contribution is 2.33. The first kappa shape index (κ1) is 13.0. The molecule has 0 amide bonds. The summed E-state index contributed by atoms with van der Waals surface area (Å²) in [6, 6.07) is 0. The molecular formula is C12H19NO2S. The zero-order valence-electron chi connectivity index (χ0n) is 10.3. The number of rotatable bonds is 5. The lowest BCUT2D eigenvalue weighted by molar-refractivity contribution is 0.0527. The van der Waals surface area contributed by atoms with Gasteiger partial charge in [-0.05, 0) is 32.8 Å². The van der Waals surface area contributed by atoms with Crippen molar-refractivity contribution in [2.45, 2.75) is 34.1 Å². The smallest absolute Gasteiger partial charge is 0.341 e. The van der Waals surface area contributed by atoms with Crippen LogP contribution in [0.25, 0.3) is 0 Å². The minimum Gasteiger partial charge on any atom is -0.462 e. The van der Waals surface area contributed by atoms with E-state index in [2.05, 4.69) is 12.2 Å². The Morgan fingerprint density at radius 1 is 1.38 bits per heavy atom. The predicted octanol–water partition coefficient (Wildman–Crippen LogP) is 3.23. The highest BCUT2D eigenvalue weighted by molar-refractivity contribution is 7.16. The molecule has 90 valence electrons. The average Bonchev–Trinajstić information content (AvgIpc) is 2.55. The third kappa shape index (κ3) is 2.55. The van der Waals surface area contributed by atoms with Crippen molar-refractivity contribution in [2.75, 3.05) is 18.5 Å². The van der Waals surface area contributed by atoms with Crippen molar-refractivity contribution < 1.29 is 9.53 Å². The number of carbonyl (C=O) groups is 1. The molecule has 1 heterocycles. The van der Waals surface area contributed by atoms with Crippen LogP contribution >= 0.6 is 11.3 Å². The molecule has 1 aromatic heterocycles. The highest BCUT2D eigenvalue weighted by Gasteiger charge is 2.21. The summed E-state index contributed by atoms with van der Waals surface area (Å²) >= 11 is 1.63. The summed E-state index contributed by atoms with van der Waals surface area (Å²) in [5.41, 5.74) is 1.84. The van der Waals surface area contributed by atoms with E-state index in [9.17, 15) is 4.79 Å². The van der Waals surface area contributed by atoms with Gasteiger partial charge in [-0.1, -0.05) is 6.92 Å². The normalized spacial score (nSPS) is 10.2. The molecule has 1 rings (SSSR count). The molecule has 0 radical (unpaired) electrons. The molecule has 4 heteroatoms. The molecule has 0 fully saturated rings. The molecule has 0 aliphatic rings. The summed E-state index contributed by atoms with van der Waals surface area (Å²) in [6.45, 7) is 9.20. The molecule has 0 bridgehead atoms. The summed E-state index contributed by atoms with van der Waals surface area (Å²) in [5, 5.41) is 4.17. The third-order valence-corrected chi connectivity index (χ3v) is 3.48. The second kappa shape index (κ2) is 5.89. The molecule has 0 saturated heterocycles. The maximum Gasteiger partial charge on any atom is 0.341 e. The molecule has 0 saturated carbocycles. The SMILES string of the molecule is CCNc1sc(C)c(CC)c1C(=O)OCC. The van der Waals surface area contributed by atoms with Gasteiger partial charge in [-0.2, -0.15) is 0 Å².